The molecule has 1 aromatic rings. The highest BCUT2D eigenvalue weighted by Gasteiger charge is 2.17. The van der Waals surface area contributed by atoms with Gasteiger partial charge in [0.15, 0.2) is 11.5 Å². The van der Waals surface area contributed by atoms with Crippen molar-refractivity contribution in [3.05, 3.63) is 30.3 Å². The van der Waals surface area contributed by atoms with Gasteiger partial charge in [0.2, 0.25) is 0 Å². The van der Waals surface area contributed by atoms with Crippen LogP contribution in [0.15, 0.2) is 30.3 Å². The molecular formula is C12H18OP+. The van der Waals surface area contributed by atoms with E-state index in [-0.39, 0.29) is 0 Å². The van der Waals surface area contributed by atoms with Crippen LogP contribution in [0.1, 0.15) is 32.6 Å². The van der Waals surface area contributed by atoms with Crippen molar-refractivity contribution in [3.63, 3.8) is 0 Å². The fourth-order valence-corrected chi connectivity index (χ4v) is 2.68. The van der Waals surface area contributed by atoms with Gasteiger partial charge in [-0.3, -0.25) is 0 Å². The molecule has 0 fully saturated rings. The molecule has 14 heavy (non-hydrogen) atoms. The first-order valence-corrected chi connectivity index (χ1v) is 6.79. The van der Waals surface area contributed by atoms with Gasteiger partial charge in [0.25, 0.3) is 0 Å². The van der Waals surface area contributed by atoms with Crippen molar-refractivity contribution in [1.82, 2.24) is 0 Å². The first-order valence-electron chi connectivity index (χ1n) is 5.34. The van der Waals surface area contributed by atoms with E-state index in [9.17, 15) is 4.57 Å². The highest BCUT2D eigenvalue weighted by molar-refractivity contribution is 7.53. The summed E-state index contributed by atoms with van der Waals surface area (Å²) < 4.78 is 11.8. The standard InChI is InChI=1S/C12H18OP/c1-2-3-4-8-11-14(13)12-9-6-5-7-10-12/h5-7,9-10H,2-4,8,11H2,1H3/q+1. The summed E-state index contributed by atoms with van der Waals surface area (Å²) in [4.78, 5) is 0. The topological polar surface area (TPSA) is 17.1 Å². The molecule has 1 atom stereocenters. The van der Waals surface area contributed by atoms with Crippen molar-refractivity contribution < 1.29 is 4.57 Å². The zero-order valence-electron chi connectivity index (χ0n) is 8.78. The van der Waals surface area contributed by atoms with E-state index in [1.54, 1.807) is 0 Å². The first kappa shape index (κ1) is 11.4. The van der Waals surface area contributed by atoms with Crippen molar-refractivity contribution in [1.29, 1.82) is 0 Å². The number of benzene rings is 1. The van der Waals surface area contributed by atoms with Gasteiger partial charge in [-0.15, -0.1) is 0 Å². The number of hydrogen-bond acceptors (Lipinski definition) is 1. The molecular weight excluding hydrogens is 191 g/mol. The summed E-state index contributed by atoms with van der Waals surface area (Å²) >= 11 is 0. The highest BCUT2D eigenvalue weighted by Crippen LogP contribution is 2.21. The van der Waals surface area contributed by atoms with Gasteiger partial charge in [-0.05, 0) is 25.0 Å². The maximum absolute atomic E-state index is 11.8. The molecule has 0 spiro atoms. The van der Waals surface area contributed by atoms with E-state index in [0.29, 0.717) is 0 Å². The predicted octanol–water partition coefficient (Wildman–Crippen LogP) is 3.72. The first-order chi connectivity index (χ1) is 6.84. The van der Waals surface area contributed by atoms with Gasteiger partial charge in [-0.25, -0.2) is 0 Å². The zero-order chi connectivity index (χ0) is 10.2. The molecule has 0 N–H and O–H groups in total. The third-order valence-corrected chi connectivity index (χ3v) is 3.86. The summed E-state index contributed by atoms with van der Waals surface area (Å²) in [6.07, 6.45) is 5.65. The summed E-state index contributed by atoms with van der Waals surface area (Å²) in [5, 5.41) is 0.999. The Hall–Kier alpha value is -0.680. The minimum atomic E-state index is -1.14. The fourth-order valence-electron chi connectivity index (χ4n) is 1.41. The van der Waals surface area contributed by atoms with Crippen molar-refractivity contribution in [2.45, 2.75) is 32.6 Å². The molecule has 0 radical (unpaired) electrons. The van der Waals surface area contributed by atoms with Crippen LogP contribution in [-0.4, -0.2) is 6.16 Å². The van der Waals surface area contributed by atoms with Gasteiger partial charge >= 0.3 is 7.80 Å². The van der Waals surface area contributed by atoms with Crippen molar-refractivity contribution >= 4 is 13.1 Å². The van der Waals surface area contributed by atoms with E-state index < -0.39 is 7.80 Å². The lowest BCUT2D eigenvalue weighted by Gasteiger charge is -1.91. The minimum absolute atomic E-state index is 0.847. The molecule has 2 heteroatoms. The maximum atomic E-state index is 11.8. The molecule has 1 aromatic carbocycles. The Morgan fingerprint density at radius 2 is 1.79 bits per heavy atom. The molecule has 0 saturated heterocycles. The smallest absolute Gasteiger partial charge is 0.0681 e. The Labute approximate surface area is 87.3 Å². The summed E-state index contributed by atoms with van der Waals surface area (Å²) in [5.74, 6) is 0. The van der Waals surface area contributed by atoms with Crippen molar-refractivity contribution in [2.24, 2.45) is 0 Å². The van der Waals surface area contributed by atoms with E-state index >= 15 is 0 Å². The molecule has 0 amide bonds. The monoisotopic (exact) mass is 209 g/mol. The van der Waals surface area contributed by atoms with Gasteiger partial charge in [0.05, 0.1) is 0 Å². The van der Waals surface area contributed by atoms with Gasteiger partial charge in [-0.1, -0.05) is 42.5 Å². The van der Waals surface area contributed by atoms with Crippen LogP contribution in [0.5, 0.6) is 0 Å². The predicted molar refractivity (Wildman–Crippen MR) is 62.7 cm³/mol. The molecule has 0 heterocycles. The number of hydrogen-bond donors (Lipinski definition) is 0. The van der Waals surface area contributed by atoms with Crippen LogP contribution in [0.3, 0.4) is 0 Å². The summed E-state index contributed by atoms with van der Waals surface area (Å²) in [7, 11) is -1.14. The normalized spacial score (nSPS) is 11.4. The van der Waals surface area contributed by atoms with Crippen LogP contribution in [0.25, 0.3) is 0 Å². The van der Waals surface area contributed by atoms with Crippen molar-refractivity contribution in [2.75, 3.05) is 6.16 Å². The van der Waals surface area contributed by atoms with Crippen LogP contribution in [0.4, 0.5) is 0 Å². The highest BCUT2D eigenvalue weighted by atomic mass is 31.1. The SMILES string of the molecule is CCCCCC[P+](=O)c1ccccc1. The third-order valence-electron chi connectivity index (χ3n) is 2.26. The third kappa shape index (κ3) is 4.02. The molecule has 0 aromatic heterocycles. The Kier molecular flexibility index (Phi) is 5.47. The quantitative estimate of drug-likeness (QED) is 0.515. The van der Waals surface area contributed by atoms with Gasteiger partial charge < -0.3 is 0 Å². The molecule has 1 nitrogen and oxygen atoms in total. The van der Waals surface area contributed by atoms with E-state index in [0.717, 1.165) is 17.9 Å². The summed E-state index contributed by atoms with van der Waals surface area (Å²) in [6.45, 7) is 2.19. The van der Waals surface area contributed by atoms with Crippen LogP contribution in [0, 0.1) is 0 Å². The Morgan fingerprint density at radius 3 is 2.43 bits per heavy atom. The number of rotatable bonds is 6. The van der Waals surface area contributed by atoms with Crippen LogP contribution < -0.4 is 5.30 Å². The number of unbranched alkanes of at least 4 members (excludes halogenated alkanes) is 3. The van der Waals surface area contributed by atoms with Gasteiger partial charge in [0, 0.05) is 0 Å². The molecule has 76 valence electrons. The molecule has 1 unspecified atom stereocenters. The Morgan fingerprint density at radius 1 is 1.07 bits per heavy atom. The largest absolute Gasteiger partial charge is 0.376 e. The van der Waals surface area contributed by atoms with Gasteiger partial charge in [0.1, 0.15) is 0 Å². The summed E-state index contributed by atoms with van der Waals surface area (Å²) in [6, 6.07) is 9.78. The van der Waals surface area contributed by atoms with E-state index in [2.05, 4.69) is 6.92 Å². The molecule has 1 rings (SSSR count). The van der Waals surface area contributed by atoms with E-state index in [1.165, 1.54) is 19.3 Å². The second-order valence-corrected chi connectivity index (χ2v) is 5.22. The van der Waals surface area contributed by atoms with Crippen LogP contribution in [0.2, 0.25) is 0 Å². The molecule has 0 aliphatic heterocycles. The Bertz CT molecular complexity index is 269. The average molecular weight is 209 g/mol. The summed E-state index contributed by atoms with van der Waals surface area (Å²) in [5.41, 5.74) is 0. The van der Waals surface area contributed by atoms with Gasteiger partial charge in [-0.2, -0.15) is 0 Å². The lowest BCUT2D eigenvalue weighted by atomic mass is 10.2. The van der Waals surface area contributed by atoms with E-state index in [1.807, 2.05) is 30.3 Å². The van der Waals surface area contributed by atoms with Crippen molar-refractivity contribution in [3.8, 4) is 0 Å². The lowest BCUT2D eigenvalue weighted by Crippen LogP contribution is -1.96. The molecule has 0 aliphatic rings. The second-order valence-electron chi connectivity index (χ2n) is 3.50. The van der Waals surface area contributed by atoms with Crippen LogP contribution in [-0.2, 0) is 4.57 Å². The molecule has 0 aliphatic carbocycles. The second kappa shape index (κ2) is 6.73. The maximum Gasteiger partial charge on any atom is 0.376 e. The fraction of sp³-hybridized carbons (Fsp3) is 0.500. The molecule has 0 bridgehead atoms. The zero-order valence-corrected chi connectivity index (χ0v) is 9.67. The minimum Gasteiger partial charge on any atom is -0.0681 e. The Balaban J connectivity index is 2.29. The lowest BCUT2D eigenvalue weighted by molar-refractivity contribution is 0.589. The molecule has 0 saturated carbocycles. The van der Waals surface area contributed by atoms with Crippen LogP contribution >= 0.6 is 7.80 Å². The van der Waals surface area contributed by atoms with E-state index in [4.69, 9.17) is 0 Å². The average Bonchev–Trinajstić information content (AvgIpc) is 2.25.